The standard InChI is InChI=1S/C11H17Br2NO2S2/c1-5-14-9(11(2,3)18(4,15)16)8-6-7(12)10(13)17-8/h6,9,14H,5H2,1-4H3. The number of hydrogen-bond donors (Lipinski definition) is 1. The van der Waals surface area contributed by atoms with Crippen molar-refractivity contribution in [3.05, 3.63) is 19.2 Å². The highest BCUT2D eigenvalue weighted by atomic mass is 79.9. The summed E-state index contributed by atoms with van der Waals surface area (Å²) in [6, 6.07) is 1.75. The second-order valence-electron chi connectivity index (χ2n) is 4.64. The van der Waals surface area contributed by atoms with E-state index in [4.69, 9.17) is 0 Å². The maximum absolute atomic E-state index is 12.0. The molecule has 0 amide bonds. The summed E-state index contributed by atoms with van der Waals surface area (Å²) in [7, 11) is -3.16. The van der Waals surface area contributed by atoms with Crippen molar-refractivity contribution in [1.82, 2.24) is 5.32 Å². The molecule has 1 unspecified atom stereocenters. The highest BCUT2D eigenvalue weighted by Gasteiger charge is 2.40. The molecular weight excluding hydrogens is 402 g/mol. The molecule has 7 heteroatoms. The highest BCUT2D eigenvalue weighted by molar-refractivity contribution is 9.13. The van der Waals surface area contributed by atoms with Gasteiger partial charge in [-0.2, -0.15) is 0 Å². The first-order chi connectivity index (χ1) is 8.11. The Morgan fingerprint density at radius 1 is 1.44 bits per heavy atom. The fourth-order valence-corrected chi connectivity index (χ4v) is 4.68. The Hall–Kier alpha value is 0.570. The fraction of sp³-hybridized carbons (Fsp3) is 0.636. The van der Waals surface area contributed by atoms with E-state index in [2.05, 4.69) is 37.2 Å². The molecule has 0 aliphatic heterocycles. The van der Waals surface area contributed by atoms with Gasteiger partial charge in [-0.3, -0.25) is 0 Å². The molecule has 0 saturated heterocycles. The predicted molar refractivity (Wildman–Crippen MR) is 85.1 cm³/mol. The first-order valence-corrected chi connectivity index (χ1v) is 9.78. The van der Waals surface area contributed by atoms with Crippen molar-refractivity contribution < 1.29 is 8.42 Å². The van der Waals surface area contributed by atoms with Crippen LogP contribution in [0.4, 0.5) is 0 Å². The van der Waals surface area contributed by atoms with Crippen molar-refractivity contribution in [1.29, 1.82) is 0 Å². The van der Waals surface area contributed by atoms with Gasteiger partial charge in [-0.25, -0.2) is 8.42 Å². The normalized spacial score (nSPS) is 14.8. The Kier molecular flexibility index (Phi) is 5.46. The molecule has 0 bridgehead atoms. The average molecular weight is 419 g/mol. The molecule has 3 nitrogen and oxygen atoms in total. The number of nitrogens with one attached hydrogen (secondary N) is 1. The zero-order valence-electron chi connectivity index (χ0n) is 10.8. The summed E-state index contributed by atoms with van der Waals surface area (Å²) in [6.45, 7) is 6.22. The minimum absolute atomic E-state index is 0.218. The van der Waals surface area contributed by atoms with Crippen LogP contribution in [-0.4, -0.2) is 26.0 Å². The maximum atomic E-state index is 12.0. The van der Waals surface area contributed by atoms with Gasteiger partial charge >= 0.3 is 0 Å². The molecule has 1 heterocycles. The number of sulfone groups is 1. The van der Waals surface area contributed by atoms with Gasteiger partial charge in [0.1, 0.15) is 0 Å². The summed E-state index contributed by atoms with van der Waals surface area (Å²) in [5.74, 6) is 0. The second-order valence-corrected chi connectivity index (χ2v) is 10.5. The van der Waals surface area contributed by atoms with Gasteiger partial charge < -0.3 is 5.32 Å². The summed E-state index contributed by atoms with van der Waals surface area (Å²) >= 11 is 8.43. The summed E-state index contributed by atoms with van der Waals surface area (Å²) in [6.07, 6.45) is 1.29. The molecule has 1 atom stereocenters. The zero-order valence-corrected chi connectivity index (χ0v) is 15.6. The molecule has 0 aromatic carbocycles. The van der Waals surface area contributed by atoms with Crippen LogP contribution in [0, 0.1) is 0 Å². The van der Waals surface area contributed by atoms with Crippen LogP contribution in [0.1, 0.15) is 31.7 Å². The van der Waals surface area contributed by atoms with E-state index >= 15 is 0 Å². The number of thiophene rings is 1. The van der Waals surface area contributed by atoms with Crippen molar-refractivity contribution in [2.45, 2.75) is 31.6 Å². The second kappa shape index (κ2) is 5.91. The maximum Gasteiger partial charge on any atom is 0.154 e. The molecule has 1 N–H and O–H groups in total. The SMILES string of the molecule is CCNC(c1cc(Br)c(Br)s1)C(C)(C)S(C)(=O)=O. The van der Waals surface area contributed by atoms with E-state index in [-0.39, 0.29) is 6.04 Å². The minimum atomic E-state index is -3.16. The third kappa shape index (κ3) is 3.36. The predicted octanol–water partition coefficient (Wildman–Crippen LogP) is 3.75. The van der Waals surface area contributed by atoms with E-state index in [1.807, 2.05) is 13.0 Å². The summed E-state index contributed by atoms with van der Waals surface area (Å²) in [5, 5.41) is 3.28. The molecule has 0 aliphatic rings. The van der Waals surface area contributed by atoms with Gasteiger partial charge in [0.2, 0.25) is 0 Å². The lowest BCUT2D eigenvalue weighted by atomic mass is 10.0. The average Bonchev–Trinajstić information content (AvgIpc) is 2.53. The molecule has 1 aromatic heterocycles. The van der Waals surface area contributed by atoms with Gasteiger partial charge in [-0.1, -0.05) is 6.92 Å². The molecule has 0 fully saturated rings. The third-order valence-electron chi connectivity index (χ3n) is 3.01. The largest absolute Gasteiger partial charge is 0.308 e. The topological polar surface area (TPSA) is 46.2 Å². The van der Waals surface area contributed by atoms with E-state index in [9.17, 15) is 8.42 Å². The monoisotopic (exact) mass is 417 g/mol. The molecule has 18 heavy (non-hydrogen) atoms. The first kappa shape index (κ1) is 16.6. The number of hydrogen-bond acceptors (Lipinski definition) is 4. The van der Waals surface area contributed by atoms with Gasteiger partial charge in [-0.15, -0.1) is 11.3 Å². The van der Waals surface area contributed by atoms with Crippen LogP contribution in [0.25, 0.3) is 0 Å². The Labute approximate surface area is 130 Å². The van der Waals surface area contributed by atoms with Crippen LogP contribution in [0.2, 0.25) is 0 Å². The minimum Gasteiger partial charge on any atom is -0.308 e. The quantitative estimate of drug-likeness (QED) is 0.791. The van der Waals surface area contributed by atoms with Gasteiger partial charge in [0.15, 0.2) is 9.84 Å². The van der Waals surface area contributed by atoms with Gasteiger partial charge in [-0.05, 0) is 58.3 Å². The van der Waals surface area contributed by atoms with Crippen molar-refractivity contribution in [2.75, 3.05) is 12.8 Å². The van der Waals surface area contributed by atoms with Crippen molar-refractivity contribution >= 4 is 53.0 Å². The van der Waals surface area contributed by atoms with Crippen molar-refractivity contribution in [3.8, 4) is 0 Å². The van der Waals surface area contributed by atoms with Crippen LogP contribution in [0.3, 0.4) is 0 Å². The Bertz CT molecular complexity index is 504. The lowest BCUT2D eigenvalue weighted by Gasteiger charge is -2.32. The van der Waals surface area contributed by atoms with Crippen LogP contribution < -0.4 is 5.32 Å². The van der Waals surface area contributed by atoms with Crippen LogP contribution in [-0.2, 0) is 9.84 Å². The molecule has 0 spiro atoms. The van der Waals surface area contributed by atoms with E-state index in [1.54, 1.807) is 25.2 Å². The van der Waals surface area contributed by atoms with Crippen molar-refractivity contribution in [3.63, 3.8) is 0 Å². The van der Waals surface area contributed by atoms with Crippen LogP contribution in [0.15, 0.2) is 14.3 Å². The van der Waals surface area contributed by atoms with E-state index in [0.717, 1.165) is 19.7 Å². The Morgan fingerprint density at radius 3 is 2.33 bits per heavy atom. The highest BCUT2D eigenvalue weighted by Crippen LogP contribution is 2.41. The molecule has 1 aromatic rings. The molecule has 104 valence electrons. The van der Waals surface area contributed by atoms with Gasteiger partial charge in [0.25, 0.3) is 0 Å². The van der Waals surface area contributed by atoms with Gasteiger partial charge in [0.05, 0.1) is 14.6 Å². The molecule has 0 saturated carbocycles. The van der Waals surface area contributed by atoms with Crippen LogP contribution in [0.5, 0.6) is 0 Å². The Balaban J connectivity index is 3.26. The van der Waals surface area contributed by atoms with Gasteiger partial charge in [0, 0.05) is 15.6 Å². The fourth-order valence-electron chi connectivity index (χ4n) is 1.61. The van der Waals surface area contributed by atoms with Crippen molar-refractivity contribution in [2.24, 2.45) is 0 Å². The smallest absolute Gasteiger partial charge is 0.154 e. The van der Waals surface area contributed by atoms with E-state index < -0.39 is 14.6 Å². The lowest BCUT2D eigenvalue weighted by molar-refractivity contribution is 0.433. The molecule has 0 radical (unpaired) electrons. The summed E-state index contributed by atoms with van der Waals surface area (Å²) < 4.78 is 25.0. The van der Waals surface area contributed by atoms with Crippen LogP contribution >= 0.6 is 43.2 Å². The lowest BCUT2D eigenvalue weighted by Crippen LogP contribution is -2.44. The Morgan fingerprint density at radius 2 is 2.00 bits per heavy atom. The molecule has 1 rings (SSSR count). The number of halogens is 2. The van der Waals surface area contributed by atoms with E-state index in [0.29, 0.717) is 0 Å². The summed E-state index contributed by atoms with van der Waals surface area (Å²) in [4.78, 5) is 1.01. The zero-order chi connectivity index (χ0) is 14.1. The summed E-state index contributed by atoms with van der Waals surface area (Å²) in [5.41, 5.74) is 0. The molecular formula is C11H17Br2NO2S2. The van der Waals surface area contributed by atoms with E-state index in [1.165, 1.54) is 6.26 Å². The number of rotatable bonds is 5. The first-order valence-electron chi connectivity index (χ1n) is 5.49. The molecule has 0 aliphatic carbocycles. The third-order valence-corrected chi connectivity index (χ3v) is 8.48.